The number of fused-ring (bicyclic) bond motifs is 1. The van der Waals surface area contributed by atoms with Gasteiger partial charge < -0.3 is 10.6 Å². The minimum absolute atomic E-state index is 0.233. The van der Waals surface area contributed by atoms with Crippen molar-refractivity contribution >= 4 is 11.6 Å². The van der Waals surface area contributed by atoms with E-state index in [2.05, 4.69) is 0 Å². The molecule has 1 unspecified atom stereocenters. The first-order valence-corrected chi connectivity index (χ1v) is 5.38. The summed E-state index contributed by atoms with van der Waals surface area (Å²) in [6, 6.07) is 5.39. The lowest BCUT2D eigenvalue weighted by molar-refractivity contribution is -0.119. The van der Waals surface area contributed by atoms with E-state index in [0.29, 0.717) is 30.6 Å². The van der Waals surface area contributed by atoms with Crippen LogP contribution in [0.2, 0.25) is 0 Å². The number of carbonyl (C=O) groups is 1. The molecule has 0 aromatic heterocycles. The highest BCUT2D eigenvalue weighted by molar-refractivity contribution is 6.04. The van der Waals surface area contributed by atoms with Crippen molar-refractivity contribution in [2.24, 2.45) is 5.73 Å². The summed E-state index contributed by atoms with van der Waals surface area (Å²) in [4.78, 5) is 13.4. The van der Waals surface area contributed by atoms with Gasteiger partial charge in [0.05, 0.1) is 6.07 Å². The third kappa shape index (κ3) is 1.99. The van der Waals surface area contributed by atoms with E-state index in [9.17, 15) is 9.18 Å². The molecular formula is C12H12FN3O. The van der Waals surface area contributed by atoms with Crippen LogP contribution in [0.15, 0.2) is 18.2 Å². The maximum absolute atomic E-state index is 13.1. The van der Waals surface area contributed by atoms with Crippen molar-refractivity contribution < 1.29 is 9.18 Å². The van der Waals surface area contributed by atoms with E-state index >= 15 is 0 Å². The SMILES string of the molecule is N#CCCCN1C(=O)C(N)c2cc(F)ccc21. The molecule has 1 amide bonds. The van der Waals surface area contributed by atoms with Crippen LogP contribution in [0.3, 0.4) is 0 Å². The molecule has 0 saturated heterocycles. The summed E-state index contributed by atoms with van der Waals surface area (Å²) in [5, 5.41) is 8.46. The molecule has 0 saturated carbocycles. The zero-order valence-electron chi connectivity index (χ0n) is 9.19. The van der Waals surface area contributed by atoms with Crippen LogP contribution in [0, 0.1) is 17.1 Å². The summed E-state index contributed by atoms with van der Waals surface area (Å²) >= 11 is 0. The molecule has 2 rings (SSSR count). The monoisotopic (exact) mass is 233 g/mol. The van der Waals surface area contributed by atoms with Crippen molar-refractivity contribution in [3.05, 3.63) is 29.6 Å². The van der Waals surface area contributed by atoms with Crippen LogP contribution >= 0.6 is 0 Å². The van der Waals surface area contributed by atoms with E-state index in [-0.39, 0.29) is 5.91 Å². The van der Waals surface area contributed by atoms with Gasteiger partial charge in [0.2, 0.25) is 5.91 Å². The number of nitriles is 1. The largest absolute Gasteiger partial charge is 0.316 e. The number of carbonyl (C=O) groups excluding carboxylic acids is 1. The minimum Gasteiger partial charge on any atom is -0.316 e. The van der Waals surface area contributed by atoms with Crippen molar-refractivity contribution in [1.29, 1.82) is 5.26 Å². The quantitative estimate of drug-likeness (QED) is 0.804. The number of halogens is 1. The average molecular weight is 233 g/mol. The summed E-state index contributed by atoms with van der Waals surface area (Å²) in [5.74, 6) is -0.630. The molecule has 1 aliphatic rings. The van der Waals surface area contributed by atoms with E-state index < -0.39 is 11.9 Å². The Balaban J connectivity index is 2.26. The van der Waals surface area contributed by atoms with Crippen molar-refractivity contribution in [3.8, 4) is 6.07 Å². The Morgan fingerprint density at radius 3 is 3.00 bits per heavy atom. The van der Waals surface area contributed by atoms with Gasteiger partial charge in [-0.15, -0.1) is 0 Å². The van der Waals surface area contributed by atoms with Gasteiger partial charge in [0.1, 0.15) is 11.9 Å². The van der Waals surface area contributed by atoms with Crippen LogP contribution in [-0.4, -0.2) is 12.5 Å². The summed E-state index contributed by atoms with van der Waals surface area (Å²) in [5.41, 5.74) is 6.91. The molecular weight excluding hydrogens is 221 g/mol. The number of anilines is 1. The molecule has 88 valence electrons. The lowest BCUT2D eigenvalue weighted by Crippen LogP contribution is -2.32. The van der Waals surface area contributed by atoms with Crippen LogP contribution in [0.5, 0.6) is 0 Å². The number of nitrogens with zero attached hydrogens (tertiary/aromatic N) is 2. The van der Waals surface area contributed by atoms with E-state index in [4.69, 9.17) is 11.0 Å². The topological polar surface area (TPSA) is 70.1 Å². The van der Waals surface area contributed by atoms with Gasteiger partial charge in [0, 0.05) is 24.2 Å². The molecule has 5 heteroatoms. The third-order valence-corrected chi connectivity index (χ3v) is 2.82. The number of unbranched alkanes of at least 4 members (excludes halogenated alkanes) is 1. The number of nitrogens with two attached hydrogens (primary N) is 1. The Hall–Kier alpha value is -1.93. The van der Waals surface area contributed by atoms with Crippen LogP contribution in [0.4, 0.5) is 10.1 Å². The molecule has 0 aliphatic carbocycles. The van der Waals surface area contributed by atoms with Gasteiger partial charge in [-0.3, -0.25) is 4.79 Å². The highest BCUT2D eigenvalue weighted by Crippen LogP contribution is 2.34. The minimum atomic E-state index is -0.789. The zero-order valence-corrected chi connectivity index (χ0v) is 9.19. The molecule has 0 fully saturated rings. The lowest BCUT2D eigenvalue weighted by atomic mass is 10.1. The Morgan fingerprint density at radius 2 is 2.29 bits per heavy atom. The highest BCUT2D eigenvalue weighted by Gasteiger charge is 2.34. The van der Waals surface area contributed by atoms with Gasteiger partial charge in [0.25, 0.3) is 0 Å². The normalized spacial score (nSPS) is 18.1. The summed E-state index contributed by atoms with van der Waals surface area (Å²) in [6.07, 6.45) is 0.974. The standard InChI is InChI=1S/C12H12FN3O/c13-8-3-4-10-9(7-8)11(15)12(17)16(10)6-2-1-5-14/h3-4,7,11H,1-2,6,15H2. The Labute approximate surface area is 98.4 Å². The molecule has 0 bridgehead atoms. The molecule has 1 aromatic carbocycles. The first kappa shape index (κ1) is 11.6. The van der Waals surface area contributed by atoms with Crippen LogP contribution < -0.4 is 10.6 Å². The maximum Gasteiger partial charge on any atom is 0.248 e. The fraction of sp³-hybridized carbons (Fsp3) is 0.333. The predicted molar refractivity (Wildman–Crippen MR) is 60.5 cm³/mol. The predicted octanol–water partition coefficient (Wildman–Crippen LogP) is 1.48. The molecule has 2 N–H and O–H groups in total. The fourth-order valence-electron chi connectivity index (χ4n) is 1.99. The van der Waals surface area contributed by atoms with Gasteiger partial charge in [-0.2, -0.15) is 5.26 Å². The molecule has 1 heterocycles. The van der Waals surface area contributed by atoms with E-state index in [1.165, 1.54) is 17.0 Å². The van der Waals surface area contributed by atoms with Crippen molar-refractivity contribution in [1.82, 2.24) is 0 Å². The zero-order chi connectivity index (χ0) is 12.4. The summed E-state index contributed by atoms with van der Waals surface area (Å²) < 4.78 is 13.1. The molecule has 1 atom stereocenters. The van der Waals surface area contributed by atoms with Gasteiger partial charge >= 0.3 is 0 Å². The Bertz CT molecular complexity index is 495. The number of hydrogen-bond donors (Lipinski definition) is 1. The number of rotatable bonds is 3. The van der Waals surface area contributed by atoms with Crippen molar-refractivity contribution in [2.75, 3.05) is 11.4 Å². The number of hydrogen-bond acceptors (Lipinski definition) is 3. The molecule has 0 radical (unpaired) electrons. The van der Waals surface area contributed by atoms with Gasteiger partial charge in [0.15, 0.2) is 0 Å². The molecule has 1 aliphatic heterocycles. The van der Waals surface area contributed by atoms with E-state index in [0.717, 1.165) is 0 Å². The smallest absolute Gasteiger partial charge is 0.248 e. The Kier molecular flexibility index (Phi) is 3.07. The van der Waals surface area contributed by atoms with Gasteiger partial charge in [-0.1, -0.05) is 0 Å². The van der Waals surface area contributed by atoms with Crippen molar-refractivity contribution in [3.63, 3.8) is 0 Å². The molecule has 17 heavy (non-hydrogen) atoms. The fourth-order valence-corrected chi connectivity index (χ4v) is 1.99. The molecule has 4 nitrogen and oxygen atoms in total. The van der Waals surface area contributed by atoms with Crippen LogP contribution in [0.1, 0.15) is 24.4 Å². The second kappa shape index (κ2) is 4.52. The summed E-state index contributed by atoms with van der Waals surface area (Å²) in [7, 11) is 0. The first-order valence-electron chi connectivity index (χ1n) is 5.38. The van der Waals surface area contributed by atoms with Crippen LogP contribution in [-0.2, 0) is 4.79 Å². The number of amides is 1. The average Bonchev–Trinajstić information content (AvgIpc) is 2.54. The highest BCUT2D eigenvalue weighted by atomic mass is 19.1. The number of benzene rings is 1. The molecule has 1 aromatic rings. The van der Waals surface area contributed by atoms with Crippen molar-refractivity contribution in [2.45, 2.75) is 18.9 Å². The summed E-state index contributed by atoms with van der Waals surface area (Å²) in [6.45, 7) is 0.443. The van der Waals surface area contributed by atoms with E-state index in [1.807, 2.05) is 6.07 Å². The van der Waals surface area contributed by atoms with Gasteiger partial charge in [-0.25, -0.2) is 4.39 Å². The second-order valence-corrected chi connectivity index (χ2v) is 3.93. The van der Waals surface area contributed by atoms with Crippen LogP contribution in [0.25, 0.3) is 0 Å². The second-order valence-electron chi connectivity index (χ2n) is 3.93. The Morgan fingerprint density at radius 1 is 1.53 bits per heavy atom. The lowest BCUT2D eigenvalue weighted by Gasteiger charge is -2.16. The third-order valence-electron chi connectivity index (χ3n) is 2.82. The molecule has 0 spiro atoms. The maximum atomic E-state index is 13.1. The first-order chi connectivity index (χ1) is 8.15. The van der Waals surface area contributed by atoms with Gasteiger partial charge in [-0.05, 0) is 24.6 Å². The van der Waals surface area contributed by atoms with E-state index in [1.54, 1.807) is 6.07 Å².